The van der Waals surface area contributed by atoms with Gasteiger partial charge in [0.1, 0.15) is 5.82 Å². The molecule has 0 aliphatic carbocycles. The Hall–Kier alpha value is -1.61. The zero-order valence-electron chi connectivity index (χ0n) is 13.1. The summed E-state index contributed by atoms with van der Waals surface area (Å²) in [7, 11) is 3.66. The minimum absolute atomic E-state index is 0.0715. The third-order valence-electron chi connectivity index (χ3n) is 3.55. The first kappa shape index (κ1) is 14.8. The maximum atomic E-state index is 5.19. The minimum atomic E-state index is 0.0715. The van der Waals surface area contributed by atoms with E-state index in [0.717, 1.165) is 24.4 Å². The smallest absolute Gasteiger partial charge is 0.130 e. The van der Waals surface area contributed by atoms with E-state index in [1.807, 2.05) is 7.05 Å². The second-order valence-electron chi connectivity index (χ2n) is 6.12. The van der Waals surface area contributed by atoms with Crippen molar-refractivity contribution in [3.63, 3.8) is 0 Å². The highest BCUT2D eigenvalue weighted by Gasteiger charge is 2.20. The molecule has 0 saturated carbocycles. The number of pyridine rings is 1. The normalized spacial score (nSPS) is 11.8. The van der Waals surface area contributed by atoms with Crippen molar-refractivity contribution in [1.82, 2.24) is 4.98 Å². The highest BCUT2D eigenvalue weighted by Crippen LogP contribution is 2.32. The SMILES string of the molecule is CNc1nc2c(CCOC)cccc2cc1C(C)(C)C. The van der Waals surface area contributed by atoms with E-state index < -0.39 is 0 Å². The van der Waals surface area contributed by atoms with Gasteiger partial charge in [-0.3, -0.25) is 0 Å². The summed E-state index contributed by atoms with van der Waals surface area (Å²) in [5.74, 6) is 0.967. The van der Waals surface area contributed by atoms with Gasteiger partial charge < -0.3 is 10.1 Å². The molecule has 1 aromatic carbocycles. The van der Waals surface area contributed by atoms with Gasteiger partial charge in [0.2, 0.25) is 0 Å². The topological polar surface area (TPSA) is 34.2 Å². The summed E-state index contributed by atoms with van der Waals surface area (Å²) in [5.41, 5.74) is 3.63. The number of hydrogen-bond donors (Lipinski definition) is 1. The standard InChI is InChI=1S/C17H24N2O/c1-17(2,3)14-11-13-8-6-7-12(9-10-20-5)15(13)19-16(14)18-4/h6-8,11H,9-10H2,1-5H3,(H,18,19). The molecule has 0 bridgehead atoms. The number of nitrogens with zero attached hydrogens (tertiary/aromatic N) is 1. The predicted octanol–water partition coefficient (Wildman–Crippen LogP) is 3.76. The van der Waals surface area contributed by atoms with Gasteiger partial charge in [-0.1, -0.05) is 39.0 Å². The molecule has 2 rings (SSSR count). The molecule has 0 fully saturated rings. The Bertz CT molecular complexity index is 600. The first-order valence-corrected chi connectivity index (χ1v) is 7.07. The second-order valence-corrected chi connectivity index (χ2v) is 6.12. The number of rotatable bonds is 4. The summed E-state index contributed by atoms with van der Waals surface area (Å²) in [5, 5.41) is 4.43. The van der Waals surface area contributed by atoms with Crippen LogP contribution in [-0.4, -0.2) is 25.7 Å². The van der Waals surface area contributed by atoms with E-state index in [9.17, 15) is 0 Å². The maximum absolute atomic E-state index is 5.19. The van der Waals surface area contributed by atoms with Crippen LogP contribution in [0, 0.1) is 0 Å². The van der Waals surface area contributed by atoms with Crippen LogP contribution in [0.5, 0.6) is 0 Å². The molecule has 2 aromatic rings. The number of anilines is 1. The number of aromatic nitrogens is 1. The van der Waals surface area contributed by atoms with Crippen molar-refractivity contribution in [3.05, 3.63) is 35.4 Å². The summed E-state index contributed by atoms with van der Waals surface area (Å²) in [6, 6.07) is 8.61. The molecule has 0 amide bonds. The van der Waals surface area contributed by atoms with Gasteiger partial charge in [0.05, 0.1) is 12.1 Å². The minimum Gasteiger partial charge on any atom is -0.384 e. The van der Waals surface area contributed by atoms with E-state index in [1.54, 1.807) is 7.11 Å². The molecule has 0 atom stereocenters. The van der Waals surface area contributed by atoms with Crippen LogP contribution >= 0.6 is 0 Å². The molecule has 1 N–H and O–H groups in total. The molecule has 108 valence electrons. The van der Waals surface area contributed by atoms with Crippen molar-refractivity contribution in [1.29, 1.82) is 0 Å². The number of nitrogens with one attached hydrogen (secondary N) is 1. The van der Waals surface area contributed by atoms with E-state index >= 15 is 0 Å². The quantitative estimate of drug-likeness (QED) is 0.920. The van der Waals surface area contributed by atoms with Crippen LogP contribution in [0.4, 0.5) is 5.82 Å². The lowest BCUT2D eigenvalue weighted by Crippen LogP contribution is -2.15. The number of hydrogen-bond acceptors (Lipinski definition) is 3. The summed E-state index contributed by atoms with van der Waals surface area (Å²) in [6.45, 7) is 7.36. The van der Waals surface area contributed by atoms with E-state index in [-0.39, 0.29) is 5.41 Å². The molecule has 1 aromatic heterocycles. The van der Waals surface area contributed by atoms with Crippen molar-refractivity contribution in [3.8, 4) is 0 Å². The lowest BCUT2D eigenvalue weighted by molar-refractivity contribution is 0.202. The Kier molecular flexibility index (Phi) is 4.29. The molecule has 0 spiro atoms. The van der Waals surface area contributed by atoms with Gasteiger partial charge in [0, 0.05) is 25.1 Å². The van der Waals surface area contributed by atoms with E-state index in [4.69, 9.17) is 9.72 Å². The predicted molar refractivity (Wildman–Crippen MR) is 85.6 cm³/mol. The fraction of sp³-hybridized carbons (Fsp3) is 0.471. The van der Waals surface area contributed by atoms with Gasteiger partial charge in [0.25, 0.3) is 0 Å². The van der Waals surface area contributed by atoms with Gasteiger partial charge in [-0.15, -0.1) is 0 Å². The van der Waals surface area contributed by atoms with Gasteiger partial charge in [-0.25, -0.2) is 4.98 Å². The first-order chi connectivity index (χ1) is 9.47. The van der Waals surface area contributed by atoms with Gasteiger partial charge >= 0.3 is 0 Å². The molecule has 0 saturated heterocycles. The van der Waals surface area contributed by atoms with Gasteiger partial charge in [0.15, 0.2) is 0 Å². The highest BCUT2D eigenvalue weighted by atomic mass is 16.5. The van der Waals surface area contributed by atoms with E-state index in [2.05, 4.69) is 50.4 Å². The van der Waals surface area contributed by atoms with Gasteiger partial charge in [-0.05, 0) is 23.5 Å². The Labute approximate surface area is 121 Å². The third-order valence-corrected chi connectivity index (χ3v) is 3.55. The monoisotopic (exact) mass is 272 g/mol. The average Bonchev–Trinajstić information content (AvgIpc) is 2.42. The Morgan fingerprint density at radius 2 is 2.00 bits per heavy atom. The van der Waals surface area contributed by atoms with Crippen molar-refractivity contribution in [2.75, 3.05) is 26.1 Å². The number of benzene rings is 1. The molecule has 1 heterocycles. The number of fused-ring (bicyclic) bond motifs is 1. The van der Waals surface area contributed by atoms with E-state index in [0.29, 0.717) is 0 Å². The fourth-order valence-corrected chi connectivity index (χ4v) is 2.44. The Morgan fingerprint density at radius 1 is 1.25 bits per heavy atom. The Balaban J connectivity index is 2.61. The van der Waals surface area contributed by atoms with Crippen LogP contribution in [0.15, 0.2) is 24.3 Å². The number of ether oxygens (including phenoxy) is 1. The fourth-order valence-electron chi connectivity index (χ4n) is 2.44. The van der Waals surface area contributed by atoms with Gasteiger partial charge in [-0.2, -0.15) is 0 Å². The van der Waals surface area contributed by atoms with E-state index in [1.165, 1.54) is 16.5 Å². The molecular weight excluding hydrogens is 248 g/mol. The van der Waals surface area contributed by atoms with Crippen LogP contribution in [0.25, 0.3) is 10.9 Å². The summed E-state index contributed by atoms with van der Waals surface area (Å²) in [6.07, 6.45) is 0.888. The van der Waals surface area contributed by atoms with Crippen LogP contribution in [0.2, 0.25) is 0 Å². The molecular formula is C17H24N2O. The van der Waals surface area contributed by atoms with Crippen molar-refractivity contribution in [2.45, 2.75) is 32.6 Å². The molecule has 20 heavy (non-hydrogen) atoms. The Morgan fingerprint density at radius 3 is 2.60 bits per heavy atom. The highest BCUT2D eigenvalue weighted by molar-refractivity contribution is 5.85. The summed E-state index contributed by atoms with van der Waals surface area (Å²) >= 11 is 0. The second kappa shape index (κ2) is 5.80. The van der Waals surface area contributed by atoms with Crippen LogP contribution < -0.4 is 5.32 Å². The molecule has 3 nitrogen and oxygen atoms in total. The first-order valence-electron chi connectivity index (χ1n) is 7.07. The molecule has 0 aliphatic heterocycles. The largest absolute Gasteiger partial charge is 0.384 e. The maximum Gasteiger partial charge on any atom is 0.130 e. The molecule has 0 unspecified atom stereocenters. The average molecular weight is 272 g/mol. The molecule has 0 aliphatic rings. The third kappa shape index (κ3) is 2.93. The van der Waals surface area contributed by atoms with Crippen molar-refractivity contribution in [2.24, 2.45) is 0 Å². The zero-order valence-corrected chi connectivity index (χ0v) is 13.1. The number of para-hydroxylation sites is 1. The van der Waals surface area contributed by atoms with Crippen LogP contribution in [0.3, 0.4) is 0 Å². The molecule has 0 radical (unpaired) electrons. The zero-order chi connectivity index (χ0) is 14.8. The lowest BCUT2D eigenvalue weighted by Gasteiger charge is -2.23. The summed E-state index contributed by atoms with van der Waals surface area (Å²) in [4.78, 5) is 4.85. The van der Waals surface area contributed by atoms with Crippen LogP contribution in [0.1, 0.15) is 31.9 Å². The number of methoxy groups -OCH3 is 1. The summed E-state index contributed by atoms with van der Waals surface area (Å²) < 4.78 is 5.19. The van der Waals surface area contributed by atoms with Crippen LogP contribution in [-0.2, 0) is 16.6 Å². The molecule has 3 heteroatoms. The lowest BCUT2D eigenvalue weighted by atomic mass is 9.86. The van der Waals surface area contributed by atoms with Crippen molar-refractivity contribution >= 4 is 16.7 Å². The van der Waals surface area contributed by atoms with Crippen molar-refractivity contribution < 1.29 is 4.74 Å².